The van der Waals surface area contributed by atoms with Crippen LogP contribution in [0.15, 0.2) is 18.2 Å². The summed E-state index contributed by atoms with van der Waals surface area (Å²) < 4.78 is 0. The number of benzene rings is 1. The minimum absolute atomic E-state index is 0.0389. The average molecular weight is 307 g/mol. The predicted molar refractivity (Wildman–Crippen MR) is 73.7 cm³/mol. The van der Waals surface area contributed by atoms with Crippen LogP contribution in [0, 0.1) is 11.8 Å². The largest absolute Gasteiger partial charge is 0.545 e. The van der Waals surface area contributed by atoms with Gasteiger partial charge in [-0.2, -0.15) is 0 Å². The van der Waals surface area contributed by atoms with Crippen molar-refractivity contribution >= 4 is 35.1 Å². The number of rotatable bonds is 2. The van der Waals surface area contributed by atoms with Gasteiger partial charge in [-0.05, 0) is 31.0 Å². The van der Waals surface area contributed by atoms with Gasteiger partial charge in [0.1, 0.15) is 0 Å². The molecule has 0 aromatic heterocycles. The fraction of sp³-hybridized carbons (Fsp3) is 0.400. The number of carboxylic acids is 1. The summed E-state index contributed by atoms with van der Waals surface area (Å²) in [5.41, 5.74) is 0.173. The molecule has 2 aliphatic rings. The van der Waals surface area contributed by atoms with Gasteiger partial charge in [0.15, 0.2) is 0 Å². The molecule has 1 heterocycles. The van der Waals surface area contributed by atoms with Crippen molar-refractivity contribution in [2.75, 3.05) is 4.90 Å². The van der Waals surface area contributed by atoms with E-state index in [1.54, 1.807) is 0 Å². The van der Waals surface area contributed by atoms with E-state index < -0.39 is 5.97 Å². The third kappa shape index (κ3) is 2.21. The lowest BCUT2D eigenvalue weighted by molar-refractivity contribution is -0.255. The summed E-state index contributed by atoms with van der Waals surface area (Å²) >= 11 is 5.88. The van der Waals surface area contributed by atoms with Gasteiger partial charge in [-0.1, -0.05) is 24.4 Å². The molecular weight excluding hydrogens is 294 g/mol. The summed E-state index contributed by atoms with van der Waals surface area (Å²) in [6, 6.07) is 4.01. The Morgan fingerprint density at radius 3 is 2.19 bits per heavy atom. The fourth-order valence-corrected chi connectivity index (χ4v) is 3.48. The second kappa shape index (κ2) is 5.15. The molecule has 6 heteroatoms. The minimum atomic E-state index is -1.39. The lowest BCUT2D eigenvalue weighted by Crippen LogP contribution is -2.31. The first-order chi connectivity index (χ1) is 10.0. The molecule has 3 rings (SSSR count). The van der Waals surface area contributed by atoms with Crippen LogP contribution in [-0.4, -0.2) is 17.8 Å². The zero-order chi connectivity index (χ0) is 15.1. The predicted octanol–water partition coefficient (Wildman–Crippen LogP) is 1.38. The number of hydrogen-bond acceptors (Lipinski definition) is 4. The molecule has 1 aliphatic heterocycles. The Hall–Kier alpha value is -1.88. The smallest absolute Gasteiger partial charge is 0.237 e. The van der Waals surface area contributed by atoms with Crippen molar-refractivity contribution in [2.24, 2.45) is 11.8 Å². The highest BCUT2D eigenvalue weighted by atomic mass is 35.5. The number of halogens is 1. The molecule has 0 unspecified atom stereocenters. The van der Waals surface area contributed by atoms with Crippen LogP contribution in [0.1, 0.15) is 36.0 Å². The molecule has 1 aromatic carbocycles. The summed E-state index contributed by atoms with van der Waals surface area (Å²) in [5.74, 6) is -2.29. The molecular formula is C15H13ClNO4-. The van der Waals surface area contributed by atoms with E-state index in [0.29, 0.717) is 5.69 Å². The van der Waals surface area contributed by atoms with Crippen LogP contribution in [0.25, 0.3) is 0 Å². The van der Waals surface area contributed by atoms with Gasteiger partial charge < -0.3 is 9.90 Å². The van der Waals surface area contributed by atoms with Crippen molar-refractivity contribution in [1.82, 2.24) is 0 Å². The van der Waals surface area contributed by atoms with E-state index in [2.05, 4.69) is 0 Å². The first-order valence-electron chi connectivity index (χ1n) is 6.89. The minimum Gasteiger partial charge on any atom is -0.545 e. The third-order valence-electron chi connectivity index (χ3n) is 4.27. The summed E-state index contributed by atoms with van der Waals surface area (Å²) in [7, 11) is 0. The van der Waals surface area contributed by atoms with Crippen LogP contribution in [0.5, 0.6) is 0 Å². The summed E-state index contributed by atoms with van der Waals surface area (Å²) in [6.07, 6.45) is 3.38. The van der Waals surface area contributed by atoms with Gasteiger partial charge >= 0.3 is 0 Å². The van der Waals surface area contributed by atoms with E-state index >= 15 is 0 Å². The maximum atomic E-state index is 12.4. The first kappa shape index (κ1) is 14.1. The van der Waals surface area contributed by atoms with E-state index in [4.69, 9.17) is 11.6 Å². The van der Waals surface area contributed by atoms with Crippen LogP contribution in [0.4, 0.5) is 5.69 Å². The zero-order valence-electron chi connectivity index (χ0n) is 11.2. The maximum absolute atomic E-state index is 12.4. The summed E-state index contributed by atoms with van der Waals surface area (Å²) in [4.78, 5) is 36.8. The van der Waals surface area contributed by atoms with Crippen LogP contribution >= 0.6 is 11.6 Å². The molecule has 0 spiro atoms. The Morgan fingerprint density at radius 2 is 1.71 bits per heavy atom. The summed E-state index contributed by atoms with van der Waals surface area (Å²) in [6.45, 7) is 0. The molecule has 1 saturated heterocycles. The quantitative estimate of drug-likeness (QED) is 0.773. The average Bonchev–Trinajstić information content (AvgIpc) is 2.71. The second-order valence-corrected chi connectivity index (χ2v) is 5.87. The number of carbonyl (C=O) groups is 3. The van der Waals surface area contributed by atoms with Crippen LogP contribution < -0.4 is 10.0 Å². The number of carboxylic acid groups (broad SMARTS) is 1. The Bertz CT molecular complexity index is 619. The third-order valence-corrected chi connectivity index (χ3v) is 4.58. The number of fused-ring (bicyclic) bond motifs is 1. The zero-order valence-corrected chi connectivity index (χ0v) is 11.9. The Balaban J connectivity index is 1.97. The monoisotopic (exact) mass is 306 g/mol. The Morgan fingerprint density at radius 1 is 1.14 bits per heavy atom. The normalized spacial score (nSPS) is 25.1. The van der Waals surface area contributed by atoms with Gasteiger partial charge in [0.2, 0.25) is 11.8 Å². The van der Waals surface area contributed by atoms with E-state index in [1.165, 1.54) is 18.2 Å². The van der Waals surface area contributed by atoms with Gasteiger partial charge in [-0.3, -0.25) is 14.5 Å². The number of hydrogen-bond donors (Lipinski definition) is 0. The molecule has 1 saturated carbocycles. The van der Waals surface area contributed by atoms with E-state index in [1.807, 2.05) is 0 Å². The van der Waals surface area contributed by atoms with E-state index in [-0.39, 0.29) is 34.2 Å². The highest BCUT2D eigenvalue weighted by Gasteiger charge is 2.48. The molecule has 1 aliphatic carbocycles. The molecule has 0 N–H and O–H groups in total. The molecule has 5 nitrogen and oxygen atoms in total. The molecule has 21 heavy (non-hydrogen) atoms. The van der Waals surface area contributed by atoms with Crippen molar-refractivity contribution < 1.29 is 19.5 Å². The van der Waals surface area contributed by atoms with E-state index in [9.17, 15) is 19.5 Å². The summed E-state index contributed by atoms with van der Waals surface area (Å²) in [5, 5.41) is 10.8. The topological polar surface area (TPSA) is 77.5 Å². The second-order valence-electron chi connectivity index (χ2n) is 5.46. The molecule has 110 valence electrons. The van der Waals surface area contributed by atoms with Crippen LogP contribution in [0.2, 0.25) is 5.02 Å². The molecule has 1 aromatic rings. The van der Waals surface area contributed by atoms with Gasteiger partial charge in [-0.25, -0.2) is 0 Å². The number of anilines is 1. The van der Waals surface area contributed by atoms with Gasteiger partial charge in [0.25, 0.3) is 0 Å². The van der Waals surface area contributed by atoms with Crippen molar-refractivity contribution in [3.63, 3.8) is 0 Å². The van der Waals surface area contributed by atoms with Crippen molar-refractivity contribution in [3.8, 4) is 0 Å². The number of nitrogens with zero attached hydrogens (tertiary/aromatic N) is 1. The van der Waals surface area contributed by atoms with Gasteiger partial charge in [0.05, 0.1) is 28.5 Å². The number of amides is 2. The van der Waals surface area contributed by atoms with Crippen molar-refractivity contribution in [1.29, 1.82) is 0 Å². The highest BCUT2D eigenvalue weighted by Crippen LogP contribution is 2.40. The van der Waals surface area contributed by atoms with Crippen LogP contribution in [0.3, 0.4) is 0 Å². The standard InChI is InChI=1S/C15H14ClNO4/c16-12-7-8(5-6-11(12)15(20)21)17-13(18)9-3-1-2-4-10(9)14(17)19/h5-7,9-10H,1-4H2,(H,20,21)/p-1/t9-,10-/m0/s1. The first-order valence-corrected chi connectivity index (χ1v) is 7.27. The maximum Gasteiger partial charge on any atom is 0.237 e. The number of imide groups is 1. The molecule has 2 amide bonds. The molecule has 2 fully saturated rings. The van der Waals surface area contributed by atoms with Gasteiger partial charge in [0, 0.05) is 5.56 Å². The lowest BCUT2D eigenvalue weighted by Gasteiger charge is -2.19. The lowest BCUT2D eigenvalue weighted by atomic mass is 9.81. The van der Waals surface area contributed by atoms with Crippen molar-refractivity contribution in [3.05, 3.63) is 28.8 Å². The SMILES string of the molecule is O=C([O-])c1ccc(N2C(=O)[C@H]3CCCC[C@@H]3C2=O)cc1Cl. The fourth-order valence-electron chi connectivity index (χ4n) is 3.23. The number of carbonyl (C=O) groups excluding carboxylic acids is 3. The molecule has 0 bridgehead atoms. The van der Waals surface area contributed by atoms with E-state index in [0.717, 1.165) is 30.6 Å². The number of aromatic carboxylic acids is 1. The van der Waals surface area contributed by atoms with Gasteiger partial charge in [-0.15, -0.1) is 0 Å². The Labute approximate surface area is 126 Å². The molecule has 2 atom stereocenters. The highest BCUT2D eigenvalue weighted by molar-refractivity contribution is 6.34. The van der Waals surface area contributed by atoms with Crippen molar-refractivity contribution in [2.45, 2.75) is 25.7 Å². The molecule has 0 radical (unpaired) electrons. The van der Waals surface area contributed by atoms with Crippen LogP contribution in [-0.2, 0) is 9.59 Å². The Kier molecular flexibility index (Phi) is 3.45.